The lowest BCUT2D eigenvalue weighted by Gasteiger charge is -2.11. The topological polar surface area (TPSA) is 77.3 Å². The average molecular weight is 691 g/mol. The van der Waals surface area contributed by atoms with Gasteiger partial charge in [-0.2, -0.15) is 0 Å². The number of hydrogen-bond donors (Lipinski definition) is 0. The van der Waals surface area contributed by atoms with Gasteiger partial charge in [0.15, 0.2) is 17.5 Å². The van der Waals surface area contributed by atoms with Gasteiger partial charge in [0.2, 0.25) is 0 Å². The van der Waals surface area contributed by atoms with Gasteiger partial charge in [-0.3, -0.25) is 9.97 Å². The Morgan fingerprint density at radius 1 is 0.315 bits per heavy atom. The van der Waals surface area contributed by atoms with E-state index in [4.69, 9.17) is 24.9 Å². The van der Waals surface area contributed by atoms with Crippen molar-refractivity contribution >= 4 is 32.6 Å². The van der Waals surface area contributed by atoms with E-state index in [9.17, 15) is 0 Å². The molecule has 0 aliphatic rings. The van der Waals surface area contributed by atoms with Crippen molar-refractivity contribution in [3.63, 3.8) is 0 Å². The molecule has 6 nitrogen and oxygen atoms in total. The summed E-state index contributed by atoms with van der Waals surface area (Å²) in [6, 6.07) is 57.9. The zero-order valence-corrected chi connectivity index (χ0v) is 29.0. The van der Waals surface area contributed by atoms with Crippen LogP contribution in [0.4, 0.5) is 0 Å². The second kappa shape index (κ2) is 13.3. The second-order valence-corrected chi connectivity index (χ2v) is 13.2. The van der Waals surface area contributed by atoms with Crippen LogP contribution < -0.4 is 0 Å². The van der Waals surface area contributed by atoms with Crippen molar-refractivity contribution in [3.8, 4) is 67.8 Å². The SMILES string of the molecule is c1cc(-c2ccc3ccccc3n2)cc(-c2nc(-c3ccc(-c4cc5ccccc5cn4)cc3)nc(-c3cccc(-c4ccnc5ccccc45)c3)n2)c1. The summed E-state index contributed by atoms with van der Waals surface area (Å²) in [4.78, 5) is 29.6. The van der Waals surface area contributed by atoms with E-state index in [1.54, 1.807) is 0 Å². The molecule has 10 rings (SSSR count). The number of pyridine rings is 3. The molecule has 0 bridgehead atoms. The van der Waals surface area contributed by atoms with Crippen molar-refractivity contribution in [2.75, 3.05) is 0 Å². The van der Waals surface area contributed by atoms with Gasteiger partial charge in [0.25, 0.3) is 0 Å². The van der Waals surface area contributed by atoms with Crippen molar-refractivity contribution in [2.24, 2.45) is 0 Å². The molecule has 0 amide bonds. The Labute approximate surface area is 311 Å². The molecule has 0 spiro atoms. The second-order valence-electron chi connectivity index (χ2n) is 13.2. The largest absolute Gasteiger partial charge is 0.256 e. The normalized spacial score (nSPS) is 11.3. The summed E-state index contributed by atoms with van der Waals surface area (Å²) in [5, 5.41) is 4.47. The fourth-order valence-electron chi connectivity index (χ4n) is 7.01. The maximum absolute atomic E-state index is 5.11. The highest BCUT2D eigenvalue weighted by Crippen LogP contribution is 2.33. The summed E-state index contributed by atoms with van der Waals surface area (Å²) in [6.45, 7) is 0. The zero-order valence-electron chi connectivity index (χ0n) is 29.0. The third-order valence-corrected chi connectivity index (χ3v) is 9.80. The Hall–Kier alpha value is -7.44. The third kappa shape index (κ3) is 5.91. The molecule has 0 radical (unpaired) electrons. The number of para-hydroxylation sites is 2. The average Bonchev–Trinajstić information content (AvgIpc) is 3.26. The molecule has 10 aromatic rings. The number of hydrogen-bond acceptors (Lipinski definition) is 6. The van der Waals surface area contributed by atoms with E-state index in [0.29, 0.717) is 17.5 Å². The van der Waals surface area contributed by atoms with E-state index in [1.165, 1.54) is 0 Å². The number of rotatable bonds is 6. The summed E-state index contributed by atoms with van der Waals surface area (Å²) in [5.41, 5.74) is 10.5. The molecule has 6 heteroatoms. The molecule has 6 aromatic carbocycles. The van der Waals surface area contributed by atoms with E-state index < -0.39 is 0 Å². The molecule has 0 aliphatic carbocycles. The van der Waals surface area contributed by atoms with Gasteiger partial charge in [-0.25, -0.2) is 19.9 Å². The first-order valence-corrected chi connectivity index (χ1v) is 17.8. The van der Waals surface area contributed by atoms with Crippen LogP contribution in [0, 0.1) is 0 Å². The standard InChI is InChI=1S/C48H30N6/c1-2-11-39-30-50-45(29-34(39)10-1)32-19-21-33(22-20-32)46-52-47(37-14-7-12-35(27-37)40-25-26-49-44-18-6-4-16-41(40)44)54-48(53-46)38-15-8-13-36(28-38)43-24-23-31-9-3-5-17-42(31)51-43/h1-30H. The molecule has 252 valence electrons. The number of aromatic nitrogens is 6. The minimum absolute atomic E-state index is 0.581. The lowest BCUT2D eigenvalue weighted by atomic mass is 9.99. The molecule has 0 atom stereocenters. The van der Waals surface area contributed by atoms with Crippen molar-refractivity contribution in [1.29, 1.82) is 0 Å². The fourth-order valence-corrected chi connectivity index (χ4v) is 7.01. The van der Waals surface area contributed by atoms with Crippen LogP contribution >= 0.6 is 0 Å². The van der Waals surface area contributed by atoms with E-state index in [-0.39, 0.29) is 0 Å². The first-order valence-electron chi connectivity index (χ1n) is 17.8. The minimum atomic E-state index is 0.581. The first kappa shape index (κ1) is 31.3. The first-order chi connectivity index (χ1) is 26.7. The molecular weight excluding hydrogens is 661 g/mol. The Balaban J connectivity index is 1.09. The summed E-state index contributed by atoms with van der Waals surface area (Å²) >= 11 is 0. The summed E-state index contributed by atoms with van der Waals surface area (Å²) in [7, 11) is 0. The molecule has 0 saturated carbocycles. The number of benzene rings is 6. The van der Waals surface area contributed by atoms with Gasteiger partial charge in [-0.15, -0.1) is 0 Å². The molecule has 0 N–H and O–H groups in total. The third-order valence-electron chi connectivity index (χ3n) is 9.80. The zero-order chi connectivity index (χ0) is 35.8. The number of nitrogens with zero attached hydrogens (tertiary/aromatic N) is 6. The maximum Gasteiger partial charge on any atom is 0.164 e. The van der Waals surface area contributed by atoms with Crippen molar-refractivity contribution in [3.05, 3.63) is 182 Å². The van der Waals surface area contributed by atoms with E-state index in [1.807, 2.05) is 73.1 Å². The van der Waals surface area contributed by atoms with Crippen LogP contribution in [-0.2, 0) is 0 Å². The van der Waals surface area contributed by atoms with Gasteiger partial charge >= 0.3 is 0 Å². The van der Waals surface area contributed by atoms with Gasteiger partial charge in [0.05, 0.1) is 22.4 Å². The van der Waals surface area contributed by atoms with Crippen LogP contribution in [0.1, 0.15) is 0 Å². The van der Waals surface area contributed by atoms with Crippen LogP contribution in [0.2, 0.25) is 0 Å². The van der Waals surface area contributed by atoms with Crippen molar-refractivity contribution < 1.29 is 0 Å². The Morgan fingerprint density at radius 2 is 0.926 bits per heavy atom. The van der Waals surface area contributed by atoms with E-state index in [0.717, 1.165) is 82.9 Å². The molecule has 0 saturated heterocycles. The van der Waals surface area contributed by atoms with E-state index >= 15 is 0 Å². The Morgan fingerprint density at radius 3 is 1.72 bits per heavy atom. The van der Waals surface area contributed by atoms with Gasteiger partial charge in [0, 0.05) is 56.4 Å². The molecule has 54 heavy (non-hydrogen) atoms. The highest BCUT2D eigenvalue weighted by Gasteiger charge is 2.15. The molecule has 4 aromatic heterocycles. The van der Waals surface area contributed by atoms with Gasteiger partial charge in [0.1, 0.15) is 0 Å². The predicted octanol–water partition coefficient (Wildman–Crippen LogP) is 11.5. The Kier molecular flexibility index (Phi) is 7.69. The predicted molar refractivity (Wildman–Crippen MR) is 218 cm³/mol. The lowest BCUT2D eigenvalue weighted by Crippen LogP contribution is -2.00. The maximum atomic E-state index is 5.11. The van der Waals surface area contributed by atoms with Crippen LogP contribution in [0.5, 0.6) is 0 Å². The molecule has 4 heterocycles. The van der Waals surface area contributed by atoms with E-state index in [2.05, 4.69) is 114 Å². The summed E-state index contributed by atoms with van der Waals surface area (Å²) in [6.07, 6.45) is 3.78. The quantitative estimate of drug-likeness (QED) is 0.173. The molecular formula is C48H30N6. The highest BCUT2D eigenvalue weighted by molar-refractivity contribution is 5.95. The molecule has 0 fully saturated rings. The summed E-state index contributed by atoms with van der Waals surface area (Å²) < 4.78 is 0. The monoisotopic (exact) mass is 690 g/mol. The van der Waals surface area contributed by atoms with Gasteiger partial charge < -0.3 is 0 Å². The van der Waals surface area contributed by atoms with Crippen LogP contribution in [0.15, 0.2) is 182 Å². The van der Waals surface area contributed by atoms with Crippen LogP contribution in [0.25, 0.3) is 100 Å². The van der Waals surface area contributed by atoms with Crippen molar-refractivity contribution in [2.45, 2.75) is 0 Å². The fraction of sp³-hybridized carbons (Fsp3) is 0. The van der Waals surface area contributed by atoms with Gasteiger partial charge in [-0.1, -0.05) is 127 Å². The van der Waals surface area contributed by atoms with Gasteiger partial charge in [-0.05, 0) is 59.0 Å². The molecule has 0 unspecified atom stereocenters. The highest BCUT2D eigenvalue weighted by atomic mass is 15.0. The summed E-state index contributed by atoms with van der Waals surface area (Å²) in [5.74, 6) is 1.75. The van der Waals surface area contributed by atoms with Crippen molar-refractivity contribution in [1.82, 2.24) is 29.9 Å². The van der Waals surface area contributed by atoms with Crippen LogP contribution in [0.3, 0.4) is 0 Å². The number of fused-ring (bicyclic) bond motifs is 3. The minimum Gasteiger partial charge on any atom is -0.256 e. The molecule has 0 aliphatic heterocycles. The lowest BCUT2D eigenvalue weighted by molar-refractivity contribution is 1.07. The van der Waals surface area contributed by atoms with Crippen LogP contribution in [-0.4, -0.2) is 29.9 Å². The Bertz CT molecular complexity index is 3000. The smallest absolute Gasteiger partial charge is 0.164 e.